The summed E-state index contributed by atoms with van der Waals surface area (Å²) in [5.41, 5.74) is 1.05. The minimum absolute atomic E-state index is 0.0138. The lowest BCUT2D eigenvalue weighted by molar-refractivity contribution is -0.159. The number of allylic oxidation sites excluding steroid dienone is 1. The maximum Gasteiger partial charge on any atom is 0.373 e. The van der Waals surface area contributed by atoms with Crippen molar-refractivity contribution in [1.29, 1.82) is 0 Å². The molecule has 0 aliphatic carbocycles. The number of esters is 1. The van der Waals surface area contributed by atoms with E-state index in [-0.39, 0.29) is 30.8 Å². The van der Waals surface area contributed by atoms with Crippen molar-refractivity contribution < 1.29 is 24.5 Å². The average molecular weight is 374 g/mol. The monoisotopic (exact) mass is 374 g/mol. The van der Waals surface area contributed by atoms with Crippen molar-refractivity contribution in [3.63, 3.8) is 0 Å². The van der Waals surface area contributed by atoms with Crippen LogP contribution in [0.4, 0.5) is 0 Å². The van der Waals surface area contributed by atoms with Gasteiger partial charge in [-0.1, -0.05) is 30.9 Å². The van der Waals surface area contributed by atoms with Crippen molar-refractivity contribution in [3.8, 4) is 0 Å². The summed E-state index contributed by atoms with van der Waals surface area (Å²) in [6.07, 6.45) is 3.20. The van der Waals surface area contributed by atoms with E-state index in [0.717, 1.165) is 15.6 Å². The zero-order valence-electron chi connectivity index (χ0n) is 14.3. The second-order valence-electron chi connectivity index (χ2n) is 6.17. The Morgan fingerprint density at radius 2 is 2.19 bits per heavy atom. The molecule has 1 aromatic heterocycles. The van der Waals surface area contributed by atoms with Crippen molar-refractivity contribution in [3.05, 3.63) is 59.7 Å². The fourth-order valence-corrected chi connectivity index (χ4v) is 4.28. The number of aliphatic hydroxyl groups is 2. The van der Waals surface area contributed by atoms with Gasteiger partial charge in [-0.2, -0.15) is 0 Å². The third-order valence-electron chi connectivity index (χ3n) is 4.51. The van der Waals surface area contributed by atoms with Gasteiger partial charge in [0.05, 0.1) is 0 Å². The van der Waals surface area contributed by atoms with Gasteiger partial charge in [0.2, 0.25) is 12.0 Å². The van der Waals surface area contributed by atoms with E-state index in [4.69, 9.17) is 9.47 Å². The van der Waals surface area contributed by atoms with Crippen molar-refractivity contribution in [2.45, 2.75) is 25.0 Å². The van der Waals surface area contributed by atoms with Gasteiger partial charge in [-0.15, -0.1) is 11.3 Å². The van der Waals surface area contributed by atoms with E-state index in [0.29, 0.717) is 12.8 Å². The lowest BCUT2D eigenvalue weighted by Crippen LogP contribution is -2.34. The predicted octanol–water partition coefficient (Wildman–Crippen LogP) is 3.34. The average Bonchev–Trinajstić information content (AvgIpc) is 3.08. The molecule has 138 valence electrons. The molecule has 5 nitrogen and oxygen atoms in total. The number of fused-ring (bicyclic) bond motifs is 1. The maximum absolute atomic E-state index is 12.2. The molecule has 0 radical (unpaired) electrons. The molecular formula is C20H22O5S. The molecule has 3 rings (SSSR count). The third kappa shape index (κ3) is 3.82. The third-order valence-corrected chi connectivity index (χ3v) is 5.49. The Morgan fingerprint density at radius 3 is 2.96 bits per heavy atom. The summed E-state index contributed by atoms with van der Waals surface area (Å²) in [5, 5.41) is 22.9. The molecule has 2 heterocycles. The SMILES string of the molecule is C=CCOC(=O)C1=C[C@H](c2csc3ccccc23)[C@@H](CCCO)[C@H](O)O1. The number of rotatable bonds is 7. The van der Waals surface area contributed by atoms with Crippen LogP contribution in [0.25, 0.3) is 10.1 Å². The second-order valence-corrected chi connectivity index (χ2v) is 7.08. The number of hydrogen-bond donors (Lipinski definition) is 2. The number of aliphatic hydroxyl groups excluding tert-OH is 2. The van der Waals surface area contributed by atoms with E-state index in [1.807, 2.05) is 24.3 Å². The quantitative estimate of drug-likeness (QED) is 0.574. The summed E-state index contributed by atoms with van der Waals surface area (Å²) < 4.78 is 11.6. The Hall–Kier alpha value is -2.15. The van der Waals surface area contributed by atoms with Crippen LogP contribution in [0.15, 0.2) is 54.1 Å². The van der Waals surface area contributed by atoms with Gasteiger partial charge in [0.15, 0.2) is 0 Å². The Bertz CT molecular complexity index is 809. The number of thiophene rings is 1. The van der Waals surface area contributed by atoms with Crippen molar-refractivity contribution >= 4 is 27.4 Å². The summed E-state index contributed by atoms with van der Waals surface area (Å²) in [6, 6.07) is 8.04. The van der Waals surface area contributed by atoms with Crippen molar-refractivity contribution in [2.24, 2.45) is 5.92 Å². The number of hydrogen-bond acceptors (Lipinski definition) is 6. The highest BCUT2D eigenvalue weighted by molar-refractivity contribution is 7.17. The van der Waals surface area contributed by atoms with Gasteiger partial charge < -0.3 is 19.7 Å². The van der Waals surface area contributed by atoms with Crippen LogP contribution in [0.1, 0.15) is 24.3 Å². The highest BCUT2D eigenvalue weighted by Gasteiger charge is 2.37. The largest absolute Gasteiger partial charge is 0.457 e. The maximum atomic E-state index is 12.2. The molecule has 0 spiro atoms. The minimum atomic E-state index is -1.14. The standard InChI is InChI=1S/C20H22O5S/c1-2-10-24-20(23)17-11-15(14(7-5-9-21)19(22)25-17)16-12-26-18-8-4-3-6-13(16)18/h2-4,6,8,11-12,14-15,19,21-22H,1,5,7,9-10H2/t14-,15+,19-/m1/s1. The normalized spacial score (nSPS) is 22.5. The number of ether oxygens (including phenoxy) is 2. The first-order valence-electron chi connectivity index (χ1n) is 8.57. The molecular weight excluding hydrogens is 352 g/mol. The van der Waals surface area contributed by atoms with E-state index in [1.165, 1.54) is 6.08 Å². The highest BCUT2D eigenvalue weighted by Crippen LogP contribution is 2.42. The molecule has 0 fully saturated rings. The van der Waals surface area contributed by atoms with Gasteiger partial charge in [0.1, 0.15) is 6.61 Å². The first kappa shape index (κ1) is 18.6. The Morgan fingerprint density at radius 1 is 1.38 bits per heavy atom. The molecule has 1 aliphatic heterocycles. The molecule has 1 aromatic carbocycles. The molecule has 6 heteroatoms. The van der Waals surface area contributed by atoms with Crippen molar-refractivity contribution in [2.75, 3.05) is 13.2 Å². The number of carbonyl (C=O) groups excluding carboxylic acids is 1. The van der Waals surface area contributed by atoms with Crippen LogP contribution in [-0.2, 0) is 14.3 Å². The lowest BCUT2D eigenvalue weighted by atomic mass is 9.80. The van der Waals surface area contributed by atoms with Crippen LogP contribution in [0.3, 0.4) is 0 Å². The van der Waals surface area contributed by atoms with Crippen LogP contribution < -0.4 is 0 Å². The molecule has 2 aromatic rings. The van der Waals surface area contributed by atoms with E-state index in [9.17, 15) is 15.0 Å². The van der Waals surface area contributed by atoms with Crippen LogP contribution in [0.5, 0.6) is 0 Å². The zero-order chi connectivity index (χ0) is 18.5. The summed E-state index contributed by atoms with van der Waals surface area (Å²) in [6.45, 7) is 3.64. The van der Waals surface area contributed by atoms with Gasteiger partial charge in [0, 0.05) is 23.1 Å². The smallest absolute Gasteiger partial charge is 0.373 e. The molecule has 2 N–H and O–H groups in total. The first-order valence-corrected chi connectivity index (χ1v) is 9.45. The summed E-state index contributed by atoms with van der Waals surface area (Å²) in [5.74, 6) is -1.06. The van der Waals surface area contributed by atoms with E-state index in [2.05, 4.69) is 12.0 Å². The van der Waals surface area contributed by atoms with E-state index < -0.39 is 12.3 Å². The molecule has 0 saturated heterocycles. The topological polar surface area (TPSA) is 76.0 Å². The molecule has 0 saturated carbocycles. The fourth-order valence-electron chi connectivity index (χ4n) is 3.27. The van der Waals surface area contributed by atoms with Gasteiger partial charge in [-0.25, -0.2) is 4.79 Å². The summed E-state index contributed by atoms with van der Waals surface area (Å²) in [7, 11) is 0. The molecule has 3 atom stereocenters. The Kier molecular flexibility index (Phi) is 6.08. The van der Waals surface area contributed by atoms with E-state index >= 15 is 0 Å². The molecule has 26 heavy (non-hydrogen) atoms. The van der Waals surface area contributed by atoms with E-state index in [1.54, 1.807) is 17.4 Å². The summed E-state index contributed by atoms with van der Waals surface area (Å²) in [4.78, 5) is 12.2. The zero-order valence-corrected chi connectivity index (χ0v) is 15.2. The Labute approximate surface area is 156 Å². The van der Waals surface area contributed by atoms with Crippen LogP contribution in [0.2, 0.25) is 0 Å². The number of carbonyl (C=O) groups is 1. The van der Waals surface area contributed by atoms with Gasteiger partial charge in [-0.3, -0.25) is 0 Å². The van der Waals surface area contributed by atoms with Gasteiger partial charge >= 0.3 is 5.97 Å². The summed E-state index contributed by atoms with van der Waals surface area (Å²) >= 11 is 1.63. The molecule has 1 aliphatic rings. The fraction of sp³-hybridized carbons (Fsp3) is 0.350. The van der Waals surface area contributed by atoms with Crippen LogP contribution in [0, 0.1) is 5.92 Å². The molecule has 0 bridgehead atoms. The predicted molar refractivity (Wildman–Crippen MR) is 101 cm³/mol. The van der Waals surface area contributed by atoms with Gasteiger partial charge in [-0.05, 0) is 41.3 Å². The molecule has 0 unspecified atom stereocenters. The highest BCUT2D eigenvalue weighted by atomic mass is 32.1. The molecule has 0 amide bonds. The second kappa shape index (κ2) is 8.49. The minimum Gasteiger partial charge on any atom is -0.457 e. The van der Waals surface area contributed by atoms with Crippen molar-refractivity contribution in [1.82, 2.24) is 0 Å². The van der Waals surface area contributed by atoms with Crippen LogP contribution in [-0.4, -0.2) is 35.7 Å². The van der Waals surface area contributed by atoms with Crippen LogP contribution >= 0.6 is 11.3 Å². The van der Waals surface area contributed by atoms with Gasteiger partial charge in [0.25, 0.3) is 0 Å². The first-order chi connectivity index (χ1) is 12.7. The number of benzene rings is 1. The lowest BCUT2D eigenvalue weighted by Gasteiger charge is -2.34. The Balaban J connectivity index is 1.99.